The van der Waals surface area contributed by atoms with Gasteiger partial charge >= 0.3 is 0 Å². The molecule has 4 nitrogen and oxygen atoms in total. The molecule has 118 valence electrons. The van der Waals surface area contributed by atoms with Gasteiger partial charge in [-0.1, -0.05) is 36.7 Å². The summed E-state index contributed by atoms with van der Waals surface area (Å²) in [4.78, 5) is 12.5. The summed E-state index contributed by atoms with van der Waals surface area (Å²) in [6.45, 7) is 6.35. The minimum Gasteiger partial charge on any atom is -0.497 e. The molecule has 1 atom stereocenters. The van der Waals surface area contributed by atoms with Crippen LogP contribution in [0.2, 0.25) is 0 Å². The lowest BCUT2D eigenvalue weighted by Crippen LogP contribution is -2.44. The second kappa shape index (κ2) is 7.69. The monoisotopic (exact) mass is 357 g/mol. The highest BCUT2D eigenvalue weighted by Gasteiger charge is 2.26. The van der Waals surface area contributed by atoms with Crippen LogP contribution in [0.4, 0.5) is 0 Å². The molecular weight excluding hydrogens is 334 g/mol. The highest BCUT2D eigenvalue weighted by atomic mass is 79.9. The Morgan fingerprint density at radius 1 is 1.29 bits per heavy atom. The van der Waals surface area contributed by atoms with Crippen LogP contribution in [0.15, 0.2) is 18.2 Å². The number of methoxy groups -OCH3 is 2. The number of carbonyl (C=O) groups excluding carboxylic acids is 1. The fourth-order valence-corrected chi connectivity index (χ4v) is 2.51. The van der Waals surface area contributed by atoms with Gasteiger partial charge in [0.1, 0.15) is 11.5 Å². The van der Waals surface area contributed by atoms with E-state index >= 15 is 0 Å². The molecule has 0 aromatic heterocycles. The Balaban J connectivity index is 2.97. The molecule has 0 bridgehead atoms. The molecule has 21 heavy (non-hydrogen) atoms. The maximum Gasteiger partial charge on any atom is 0.255 e. The predicted octanol–water partition coefficient (Wildman–Crippen LogP) is 3.63. The van der Waals surface area contributed by atoms with Crippen LogP contribution in [0.5, 0.6) is 11.5 Å². The van der Waals surface area contributed by atoms with Gasteiger partial charge in [0.05, 0.1) is 19.8 Å². The molecule has 5 heteroatoms. The van der Waals surface area contributed by atoms with E-state index in [9.17, 15) is 4.79 Å². The summed E-state index contributed by atoms with van der Waals surface area (Å²) < 4.78 is 10.4. The molecule has 1 unspecified atom stereocenters. The van der Waals surface area contributed by atoms with Crippen LogP contribution in [-0.4, -0.2) is 31.5 Å². The van der Waals surface area contributed by atoms with Gasteiger partial charge in [0.25, 0.3) is 5.91 Å². The van der Waals surface area contributed by atoms with E-state index in [4.69, 9.17) is 9.47 Å². The maximum atomic E-state index is 12.5. The van der Waals surface area contributed by atoms with E-state index < -0.39 is 0 Å². The van der Waals surface area contributed by atoms with Crippen molar-refractivity contribution in [2.24, 2.45) is 5.41 Å². The van der Waals surface area contributed by atoms with E-state index in [0.29, 0.717) is 17.1 Å². The van der Waals surface area contributed by atoms with Gasteiger partial charge in [0.15, 0.2) is 0 Å². The minimum atomic E-state index is -0.129. The van der Waals surface area contributed by atoms with Crippen molar-refractivity contribution in [1.82, 2.24) is 5.32 Å². The Morgan fingerprint density at radius 3 is 2.43 bits per heavy atom. The van der Waals surface area contributed by atoms with Crippen molar-refractivity contribution in [2.75, 3.05) is 19.5 Å². The normalized spacial score (nSPS) is 12.7. The number of alkyl halides is 1. The summed E-state index contributed by atoms with van der Waals surface area (Å²) in [5.41, 5.74) is 0.505. The molecule has 0 heterocycles. The van der Waals surface area contributed by atoms with Crippen molar-refractivity contribution in [1.29, 1.82) is 0 Å². The van der Waals surface area contributed by atoms with Crippen LogP contribution in [0.3, 0.4) is 0 Å². The van der Waals surface area contributed by atoms with Gasteiger partial charge in [-0.2, -0.15) is 0 Å². The van der Waals surface area contributed by atoms with Crippen molar-refractivity contribution >= 4 is 21.8 Å². The minimum absolute atomic E-state index is 0.0108. The van der Waals surface area contributed by atoms with Crippen molar-refractivity contribution < 1.29 is 14.3 Å². The van der Waals surface area contributed by atoms with Crippen LogP contribution < -0.4 is 14.8 Å². The number of hydrogen-bond donors (Lipinski definition) is 1. The van der Waals surface area contributed by atoms with Gasteiger partial charge in [-0.15, -0.1) is 0 Å². The molecule has 0 fully saturated rings. The fraction of sp³-hybridized carbons (Fsp3) is 0.562. The number of benzene rings is 1. The lowest BCUT2D eigenvalue weighted by Gasteiger charge is -2.31. The molecule has 1 rings (SSSR count). The van der Waals surface area contributed by atoms with E-state index in [1.165, 1.54) is 0 Å². The zero-order chi connectivity index (χ0) is 16.0. The van der Waals surface area contributed by atoms with Gasteiger partial charge in [0.2, 0.25) is 0 Å². The van der Waals surface area contributed by atoms with E-state index in [0.717, 1.165) is 11.8 Å². The van der Waals surface area contributed by atoms with Gasteiger partial charge in [0, 0.05) is 17.4 Å². The van der Waals surface area contributed by atoms with E-state index in [-0.39, 0.29) is 17.4 Å². The number of hydrogen-bond acceptors (Lipinski definition) is 3. The van der Waals surface area contributed by atoms with Crippen molar-refractivity contribution in [3.8, 4) is 11.5 Å². The van der Waals surface area contributed by atoms with Crippen LogP contribution in [0.25, 0.3) is 0 Å². The molecule has 1 N–H and O–H groups in total. The smallest absolute Gasteiger partial charge is 0.255 e. The molecule has 1 aromatic carbocycles. The second-order valence-electron chi connectivity index (χ2n) is 5.94. The topological polar surface area (TPSA) is 47.6 Å². The van der Waals surface area contributed by atoms with Crippen molar-refractivity contribution in [3.05, 3.63) is 23.8 Å². The third-order valence-corrected chi connectivity index (χ3v) is 3.86. The molecular formula is C16H24BrNO3. The summed E-state index contributed by atoms with van der Waals surface area (Å²) >= 11 is 3.44. The number of rotatable bonds is 6. The summed E-state index contributed by atoms with van der Waals surface area (Å²) in [5.74, 6) is 1.05. The number of carbonyl (C=O) groups is 1. The molecule has 0 aliphatic carbocycles. The summed E-state index contributed by atoms with van der Waals surface area (Å²) in [6.07, 6.45) is 0.869. The third-order valence-electron chi connectivity index (χ3n) is 3.40. The van der Waals surface area contributed by atoms with Gasteiger partial charge in [-0.25, -0.2) is 0 Å². The molecule has 0 aliphatic rings. The lowest BCUT2D eigenvalue weighted by atomic mass is 9.85. The standard InChI is InChI=1S/C16H24BrNO3/c1-16(2,3)14(8-9-17)18-15(19)12-7-6-11(20-4)10-13(12)21-5/h6-7,10,14H,8-9H2,1-5H3,(H,18,19). The largest absolute Gasteiger partial charge is 0.497 e. The molecule has 0 spiro atoms. The summed E-state index contributed by atoms with van der Waals surface area (Å²) in [5, 5.41) is 3.94. The summed E-state index contributed by atoms with van der Waals surface area (Å²) in [7, 11) is 3.13. The zero-order valence-corrected chi connectivity index (χ0v) is 14.9. The molecule has 1 aromatic rings. The first-order valence-corrected chi connectivity index (χ1v) is 8.04. The Hall–Kier alpha value is -1.23. The quantitative estimate of drug-likeness (QED) is 0.790. The van der Waals surface area contributed by atoms with Gasteiger partial charge in [-0.05, 0) is 24.0 Å². The number of amides is 1. The predicted molar refractivity (Wildman–Crippen MR) is 88.7 cm³/mol. The molecule has 0 radical (unpaired) electrons. The number of ether oxygens (including phenoxy) is 2. The first-order chi connectivity index (χ1) is 9.83. The molecule has 1 amide bonds. The Bertz CT molecular complexity index is 483. The Kier molecular flexibility index (Phi) is 6.52. The second-order valence-corrected chi connectivity index (χ2v) is 6.73. The molecule has 0 saturated carbocycles. The highest BCUT2D eigenvalue weighted by Crippen LogP contribution is 2.27. The van der Waals surface area contributed by atoms with Crippen LogP contribution in [0, 0.1) is 5.41 Å². The van der Waals surface area contributed by atoms with E-state index in [1.807, 2.05) is 0 Å². The lowest BCUT2D eigenvalue weighted by molar-refractivity contribution is 0.0897. The SMILES string of the molecule is COc1ccc(C(=O)NC(CCBr)C(C)(C)C)c(OC)c1. The molecule has 0 aliphatic heterocycles. The summed E-state index contributed by atoms with van der Waals surface area (Å²) in [6, 6.07) is 5.27. The van der Waals surface area contributed by atoms with Gasteiger partial charge in [-0.3, -0.25) is 4.79 Å². The molecule has 0 saturated heterocycles. The maximum absolute atomic E-state index is 12.5. The fourth-order valence-electron chi connectivity index (χ4n) is 2.05. The third kappa shape index (κ3) is 4.92. The van der Waals surface area contributed by atoms with Gasteiger partial charge < -0.3 is 14.8 Å². The first-order valence-electron chi connectivity index (χ1n) is 6.92. The number of nitrogens with one attached hydrogen (secondary N) is 1. The average Bonchev–Trinajstić information content (AvgIpc) is 2.44. The average molecular weight is 358 g/mol. The van der Waals surface area contributed by atoms with Crippen LogP contribution in [0.1, 0.15) is 37.6 Å². The Morgan fingerprint density at radius 2 is 1.95 bits per heavy atom. The first kappa shape index (κ1) is 17.8. The highest BCUT2D eigenvalue weighted by molar-refractivity contribution is 9.09. The zero-order valence-electron chi connectivity index (χ0n) is 13.3. The van der Waals surface area contributed by atoms with E-state index in [2.05, 4.69) is 42.0 Å². The van der Waals surface area contributed by atoms with E-state index in [1.54, 1.807) is 32.4 Å². The van der Waals surface area contributed by atoms with Crippen LogP contribution >= 0.6 is 15.9 Å². The Labute approximate surface area is 135 Å². The van der Waals surface area contributed by atoms with Crippen molar-refractivity contribution in [2.45, 2.75) is 33.2 Å². The number of halogens is 1. The van der Waals surface area contributed by atoms with Crippen LogP contribution in [-0.2, 0) is 0 Å². The van der Waals surface area contributed by atoms with Crippen molar-refractivity contribution in [3.63, 3.8) is 0 Å².